The average Bonchev–Trinajstić information content (AvgIpc) is 2.50. The lowest BCUT2D eigenvalue weighted by molar-refractivity contribution is 0.310. The van der Waals surface area contributed by atoms with Crippen LogP contribution in [0.1, 0.15) is 18.5 Å². The SMILES string of the molecule is COc1ccc([C@@H](NS(=O)(=O)OCC(Cl)(Cl)Cl)[C@H](C)C#N)cc1. The number of ether oxygens (including phenoxy) is 1. The molecule has 10 heteroatoms. The van der Waals surface area contributed by atoms with E-state index in [0.717, 1.165) is 0 Å². The van der Waals surface area contributed by atoms with Crippen LogP contribution in [0.2, 0.25) is 0 Å². The molecule has 0 unspecified atom stereocenters. The van der Waals surface area contributed by atoms with Crippen molar-refractivity contribution in [2.24, 2.45) is 5.92 Å². The lowest BCUT2D eigenvalue weighted by atomic mass is 9.97. The van der Waals surface area contributed by atoms with Crippen LogP contribution in [0.15, 0.2) is 24.3 Å². The molecule has 1 rings (SSSR count). The Morgan fingerprint density at radius 2 is 1.87 bits per heavy atom. The molecule has 0 spiro atoms. The highest BCUT2D eigenvalue weighted by atomic mass is 35.6. The van der Waals surface area contributed by atoms with Gasteiger partial charge in [-0.2, -0.15) is 18.4 Å². The van der Waals surface area contributed by atoms with Gasteiger partial charge in [0.2, 0.25) is 3.79 Å². The van der Waals surface area contributed by atoms with Crippen molar-refractivity contribution in [2.75, 3.05) is 13.7 Å². The van der Waals surface area contributed by atoms with Crippen molar-refractivity contribution in [3.63, 3.8) is 0 Å². The maximum absolute atomic E-state index is 12.0. The van der Waals surface area contributed by atoms with Crippen LogP contribution in [0.25, 0.3) is 0 Å². The molecule has 0 aromatic heterocycles. The largest absolute Gasteiger partial charge is 0.497 e. The van der Waals surface area contributed by atoms with Gasteiger partial charge in [-0.1, -0.05) is 46.9 Å². The Hall–Kier alpha value is -0.750. The number of methoxy groups -OCH3 is 1. The molecule has 0 bridgehead atoms. The molecule has 1 aromatic carbocycles. The first-order valence-electron chi connectivity index (χ1n) is 6.35. The standard InChI is InChI=1S/C13H15Cl3N2O4S/c1-9(7-17)12(10-3-5-11(21-2)6-4-10)18-23(19,20)22-8-13(14,15)16/h3-6,9,12,18H,8H2,1-2H3/t9-,12+/m1/s1. The van der Waals surface area contributed by atoms with E-state index in [-0.39, 0.29) is 0 Å². The molecule has 0 saturated carbocycles. The molecule has 1 aromatic rings. The first-order chi connectivity index (χ1) is 10.6. The summed E-state index contributed by atoms with van der Waals surface area (Å²) in [6.45, 7) is 0.926. The Balaban J connectivity index is 2.96. The monoisotopic (exact) mass is 400 g/mol. The van der Waals surface area contributed by atoms with E-state index < -0.39 is 32.7 Å². The summed E-state index contributed by atoms with van der Waals surface area (Å²) in [5.74, 6) is -0.0537. The van der Waals surface area contributed by atoms with E-state index in [0.29, 0.717) is 11.3 Å². The number of halogens is 3. The molecule has 0 aliphatic rings. The first-order valence-corrected chi connectivity index (χ1v) is 8.89. The Morgan fingerprint density at radius 1 is 1.30 bits per heavy atom. The molecular weight excluding hydrogens is 387 g/mol. The Morgan fingerprint density at radius 3 is 2.30 bits per heavy atom. The van der Waals surface area contributed by atoms with Crippen molar-refractivity contribution in [1.29, 1.82) is 5.26 Å². The fourth-order valence-electron chi connectivity index (χ4n) is 1.68. The van der Waals surface area contributed by atoms with E-state index in [1.54, 1.807) is 31.2 Å². The van der Waals surface area contributed by atoms with Crippen molar-refractivity contribution in [3.8, 4) is 11.8 Å². The van der Waals surface area contributed by atoms with E-state index in [1.807, 2.05) is 6.07 Å². The second-order valence-electron chi connectivity index (χ2n) is 4.62. The first kappa shape index (κ1) is 20.3. The Kier molecular flexibility index (Phi) is 7.39. The lowest BCUT2D eigenvalue weighted by Crippen LogP contribution is -2.35. The van der Waals surface area contributed by atoms with Crippen molar-refractivity contribution in [2.45, 2.75) is 16.8 Å². The van der Waals surface area contributed by atoms with Crippen molar-refractivity contribution < 1.29 is 17.3 Å². The fraction of sp³-hybridized carbons (Fsp3) is 0.462. The van der Waals surface area contributed by atoms with Gasteiger partial charge >= 0.3 is 10.3 Å². The minimum Gasteiger partial charge on any atom is -0.497 e. The molecule has 0 radical (unpaired) electrons. The van der Waals surface area contributed by atoms with Gasteiger partial charge in [-0.3, -0.25) is 4.18 Å². The minimum absolute atomic E-state index is 0.570. The van der Waals surface area contributed by atoms with Crippen molar-refractivity contribution in [1.82, 2.24) is 4.72 Å². The summed E-state index contributed by atoms with van der Waals surface area (Å²) in [6, 6.07) is 7.77. The third-order valence-electron chi connectivity index (χ3n) is 2.83. The highest BCUT2D eigenvalue weighted by Gasteiger charge is 2.29. The molecule has 0 heterocycles. The van der Waals surface area contributed by atoms with Gasteiger partial charge in [-0.15, -0.1) is 0 Å². The van der Waals surface area contributed by atoms with E-state index >= 15 is 0 Å². The summed E-state index contributed by atoms with van der Waals surface area (Å²) in [6.07, 6.45) is 0. The minimum atomic E-state index is -4.22. The van der Waals surface area contributed by atoms with Crippen LogP contribution in [-0.2, 0) is 14.5 Å². The predicted molar refractivity (Wildman–Crippen MR) is 88.8 cm³/mol. The lowest BCUT2D eigenvalue weighted by Gasteiger charge is -2.21. The van der Waals surface area contributed by atoms with Crippen molar-refractivity contribution in [3.05, 3.63) is 29.8 Å². The van der Waals surface area contributed by atoms with E-state index in [9.17, 15) is 8.42 Å². The van der Waals surface area contributed by atoms with Gasteiger partial charge in [0.05, 0.1) is 25.1 Å². The second kappa shape index (κ2) is 8.38. The molecule has 0 aliphatic heterocycles. The summed E-state index contributed by atoms with van der Waals surface area (Å²) in [4.78, 5) is 0. The van der Waals surface area contributed by atoms with Gasteiger partial charge in [0, 0.05) is 0 Å². The van der Waals surface area contributed by atoms with Crippen LogP contribution in [0.5, 0.6) is 5.75 Å². The van der Waals surface area contributed by atoms with Crippen LogP contribution in [0.3, 0.4) is 0 Å². The number of nitrogens with zero attached hydrogens (tertiary/aromatic N) is 1. The smallest absolute Gasteiger partial charge is 0.336 e. The highest BCUT2D eigenvalue weighted by Crippen LogP contribution is 2.28. The normalized spacial score (nSPS) is 14.8. The molecule has 0 saturated heterocycles. The molecule has 23 heavy (non-hydrogen) atoms. The van der Waals surface area contributed by atoms with Crippen LogP contribution in [0.4, 0.5) is 0 Å². The fourth-order valence-corrected chi connectivity index (χ4v) is 3.09. The van der Waals surface area contributed by atoms with Gasteiger partial charge < -0.3 is 4.74 Å². The van der Waals surface area contributed by atoms with Crippen LogP contribution >= 0.6 is 34.8 Å². The molecule has 0 aliphatic carbocycles. The van der Waals surface area contributed by atoms with Gasteiger partial charge in [-0.25, -0.2) is 0 Å². The second-order valence-corrected chi connectivity index (χ2v) is 8.51. The van der Waals surface area contributed by atoms with Crippen LogP contribution < -0.4 is 9.46 Å². The third kappa shape index (κ3) is 7.12. The van der Waals surface area contributed by atoms with E-state index in [4.69, 9.17) is 44.8 Å². The number of nitrogens with one attached hydrogen (secondary N) is 1. The number of rotatable bonds is 7. The summed E-state index contributed by atoms with van der Waals surface area (Å²) in [7, 11) is -2.71. The quantitative estimate of drug-likeness (QED) is 0.709. The molecule has 2 atom stereocenters. The van der Waals surface area contributed by atoms with E-state index in [1.165, 1.54) is 7.11 Å². The molecule has 6 nitrogen and oxygen atoms in total. The number of alkyl halides is 3. The maximum atomic E-state index is 12.0. The van der Waals surface area contributed by atoms with Crippen LogP contribution in [-0.4, -0.2) is 25.9 Å². The highest BCUT2D eigenvalue weighted by molar-refractivity contribution is 7.84. The maximum Gasteiger partial charge on any atom is 0.336 e. The predicted octanol–water partition coefficient (Wildman–Crippen LogP) is 3.12. The van der Waals surface area contributed by atoms with Gasteiger partial charge in [0.25, 0.3) is 0 Å². The summed E-state index contributed by atoms with van der Waals surface area (Å²) >= 11 is 16.4. The number of nitriles is 1. The van der Waals surface area contributed by atoms with Crippen molar-refractivity contribution >= 4 is 45.1 Å². The Labute approximate surface area is 150 Å². The number of hydrogen-bond acceptors (Lipinski definition) is 5. The molecule has 1 N–H and O–H groups in total. The topological polar surface area (TPSA) is 88.4 Å². The molecule has 128 valence electrons. The average molecular weight is 402 g/mol. The zero-order chi connectivity index (χ0) is 17.7. The zero-order valence-electron chi connectivity index (χ0n) is 12.3. The van der Waals surface area contributed by atoms with Gasteiger partial charge in [-0.05, 0) is 24.6 Å². The number of hydrogen-bond donors (Lipinski definition) is 1. The molecule has 0 amide bonds. The van der Waals surface area contributed by atoms with Gasteiger partial charge in [0.15, 0.2) is 0 Å². The molecular formula is C13H15Cl3N2O4S. The summed E-state index contributed by atoms with van der Waals surface area (Å²) in [5, 5.41) is 9.11. The van der Waals surface area contributed by atoms with E-state index in [2.05, 4.69) is 8.91 Å². The molecule has 0 fully saturated rings. The van der Waals surface area contributed by atoms with Gasteiger partial charge in [0.1, 0.15) is 12.4 Å². The Bertz CT molecular complexity index is 653. The van der Waals surface area contributed by atoms with Crippen LogP contribution in [0, 0.1) is 17.2 Å². The number of benzene rings is 1. The summed E-state index contributed by atoms with van der Waals surface area (Å²) in [5.41, 5.74) is 0.570. The third-order valence-corrected chi connectivity index (χ3v) is 4.13. The summed E-state index contributed by atoms with van der Waals surface area (Å²) < 4.78 is 34.0. The zero-order valence-corrected chi connectivity index (χ0v) is 15.4.